The van der Waals surface area contributed by atoms with Crippen molar-refractivity contribution in [1.29, 1.82) is 0 Å². The minimum atomic E-state index is -0.525. The van der Waals surface area contributed by atoms with Crippen molar-refractivity contribution in [2.75, 3.05) is 26.2 Å². The maximum absolute atomic E-state index is 14.4. The van der Waals surface area contributed by atoms with E-state index in [1.165, 1.54) is 12.3 Å². The van der Waals surface area contributed by atoms with E-state index in [0.29, 0.717) is 43.5 Å². The molecule has 2 heterocycles. The first kappa shape index (κ1) is 22.3. The number of hydrogen-bond donors (Lipinski definition) is 1. The van der Waals surface area contributed by atoms with Crippen LogP contribution in [0.3, 0.4) is 0 Å². The van der Waals surface area contributed by atoms with Crippen LogP contribution in [0.4, 0.5) is 9.18 Å². The van der Waals surface area contributed by atoms with E-state index in [1.54, 1.807) is 35.4 Å². The molecule has 0 radical (unpaired) electrons. The van der Waals surface area contributed by atoms with E-state index in [0.717, 1.165) is 0 Å². The highest BCUT2D eigenvalue weighted by Crippen LogP contribution is 2.24. The molecule has 0 atom stereocenters. The highest BCUT2D eigenvalue weighted by atomic mass is 19.1. The van der Waals surface area contributed by atoms with Crippen molar-refractivity contribution >= 4 is 12.1 Å². The van der Waals surface area contributed by atoms with Gasteiger partial charge in [-0.25, -0.2) is 14.2 Å². The van der Waals surface area contributed by atoms with Crippen LogP contribution in [-0.2, 0) is 11.3 Å². The molecular weight excluding hydrogens is 401 g/mol. The highest BCUT2D eigenvalue weighted by Gasteiger charge is 2.26. The third-order valence-electron chi connectivity index (χ3n) is 4.54. The first-order chi connectivity index (χ1) is 14.7. The number of rotatable bonds is 4. The van der Waals surface area contributed by atoms with Crippen LogP contribution in [0, 0.1) is 5.82 Å². The van der Waals surface area contributed by atoms with Crippen LogP contribution in [0.15, 0.2) is 47.7 Å². The number of ether oxygens (including phenoxy) is 2. The Morgan fingerprint density at radius 1 is 1.19 bits per heavy atom. The molecule has 1 aliphatic rings. The lowest BCUT2D eigenvalue weighted by Crippen LogP contribution is -2.53. The van der Waals surface area contributed by atoms with Gasteiger partial charge in [0, 0.05) is 32.4 Å². The Kier molecular flexibility index (Phi) is 6.94. The molecule has 1 fully saturated rings. The minimum Gasteiger partial charge on any atom is -0.453 e. The highest BCUT2D eigenvalue weighted by molar-refractivity contribution is 5.78. The predicted octanol–water partition coefficient (Wildman–Crippen LogP) is 3.38. The fourth-order valence-corrected chi connectivity index (χ4v) is 2.98. The molecule has 2 N–H and O–H groups in total. The summed E-state index contributed by atoms with van der Waals surface area (Å²) in [6.45, 7) is 7.87. The van der Waals surface area contributed by atoms with Gasteiger partial charge in [0.2, 0.25) is 0 Å². The lowest BCUT2D eigenvalue weighted by atomic mass is 10.2. The van der Waals surface area contributed by atoms with Gasteiger partial charge < -0.3 is 25.0 Å². The van der Waals surface area contributed by atoms with Crippen LogP contribution in [0.5, 0.6) is 11.5 Å². The second kappa shape index (κ2) is 9.63. The van der Waals surface area contributed by atoms with Crippen molar-refractivity contribution < 1.29 is 18.7 Å². The summed E-state index contributed by atoms with van der Waals surface area (Å²) in [6, 6.07) is 8.10. The average molecular weight is 429 g/mol. The number of nitrogens with zero attached hydrogens (tertiary/aromatic N) is 4. The van der Waals surface area contributed by atoms with Crippen molar-refractivity contribution in [2.24, 2.45) is 10.7 Å². The summed E-state index contributed by atoms with van der Waals surface area (Å²) in [6.07, 6.45) is 2.80. The van der Waals surface area contributed by atoms with E-state index in [1.807, 2.05) is 25.7 Å². The molecule has 0 spiro atoms. The molecule has 1 saturated heterocycles. The van der Waals surface area contributed by atoms with E-state index >= 15 is 0 Å². The van der Waals surface area contributed by atoms with E-state index in [2.05, 4.69) is 9.98 Å². The largest absolute Gasteiger partial charge is 0.453 e. The van der Waals surface area contributed by atoms with E-state index in [9.17, 15) is 9.18 Å². The van der Waals surface area contributed by atoms with Crippen molar-refractivity contribution in [3.8, 4) is 11.5 Å². The SMILES string of the molecule is CC(C)(C)OC(=O)N1CCN(C(N)=NCc2ccc(Oc3cccnc3)c(F)c2)CC1. The Bertz CT molecular complexity index is 922. The van der Waals surface area contributed by atoms with Gasteiger partial charge in [-0.2, -0.15) is 0 Å². The smallest absolute Gasteiger partial charge is 0.410 e. The number of guanidine groups is 1. The fourth-order valence-electron chi connectivity index (χ4n) is 2.98. The predicted molar refractivity (Wildman–Crippen MR) is 115 cm³/mol. The number of benzene rings is 1. The van der Waals surface area contributed by atoms with E-state index < -0.39 is 11.4 Å². The summed E-state index contributed by atoms with van der Waals surface area (Å²) in [5.74, 6) is 0.454. The standard InChI is InChI=1S/C22H28FN5O3/c1-22(2,3)31-21(29)28-11-9-27(10-12-28)20(24)26-14-16-6-7-19(18(23)13-16)30-17-5-4-8-25-15-17/h4-8,13,15H,9-12,14H2,1-3H3,(H2,24,26). The Balaban J connectivity index is 1.52. The number of amides is 1. The number of hydrogen-bond acceptors (Lipinski definition) is 5. The first-order valence-corrected chi connectivity index (χ1v) is 10.1. The number of aliphatic imine (C=N–C) groups is 1. The number of carbonyl (C=O) groups is 1. The van der Waals surface area contributed by atoms with Crippen molar-refractivity contribution in [1.82, 2.24) is 14.8 Å². The molecule has 0 bridgehead atoms. The molecule has 166 valence electrons. The molecule has 3 rings (SSSR count). The summed E-state index contributed by atoms with van der Waals surface area (Å²) in [7, 11) is 0. The summed E-state index contributed by atoms with van der Waals surface area (Å²) < 4.78 is 25.3. The number of halogens is 1. The molecule has 0 unspecified atom stereocenters. The summed E-state index contributed by atoms with van der Waals surface area (Å²) >= 11 is 0. The van der Waals surface area contributed by atoms with Crippen molar-refractivity contribution in [3.63, 3.8) is 0 Å². The van der Waals surface area contributed by atoms with Crippen LogP contribution in [0.25, 0.3) is 0 Å². The van der Waals surface area contributed by atoms with Gasteiger partial charge in [0.1, 0.15) is 11.4 Å². The second-order valence-electron chi connectivity index (χ2n) is 8.18. The Morgan fingerprint density at radius 2 is 1.90 bits per heavy atom. The molecule has 0 saturated carbocycles. The van der Waals surface area contributed by atoms with E-state index in [4.69, 9.17) is 15.2 Å². The molecule has 31 heavy (non-hydrogen) atoms. The average Bonchev–Trinajstić information content (AvgIpc) is 2.73. The van der Waals surface area contributed by atoms with Gasteiger partial charge >= 0.3 is 6.09 Å². The summed E-state index contributed by atoms with van der Waals surface area (Å²) in [5, 5.41) is 0. The molecule has 1 amide bonds. The number of nitrogens with two attached hydrogens (primary N) is 1. The van der Waals surface area contributed by atoms with Gasteiger partial charge in [-0.05, 0) is 50.6 Å². The Labute approximate surface area is 181 Å². The van der Waals surface area contributed by atoms with Crippen LogP contribution in [0.1, 0.15) is 26.3 Å². The summed E-state index contributed by atoms with van der Waals surface area (Å²) in [5.41, 5.74) is 6.25. The maximum Gasteiger partial charge on any atom is 0.410 e. The second-order valence-corrected chi connectivity index (χ2v) is 8.18. The Morgan fingerprint density at radius 3 is 2.52 bits per heavy atom. The van der Waals surface area contributed by atoms with Gasteiger partial charge in [-0.1, -0.05) is 6.07 Å². The van der Waals surface area contributed by atoms with Crippen molar-refractivity contribution in [2.45, 2.75) is 32.9 Å². The van der Waals surface area contributed by atoms with Gasteiger partial charge in [0.05, 0.1) is 12.7 Å². The topological polar surface area (TPSA) is 93.3 Å². The van der Waals surface area contributed by atoms with Crippen LogP contribution in [-0.4, -0.2) is 58.6 Å². The van der Waals surface area contributed by atoms with Gasteiger partial charge in [0.25, 0.3) is 0 Å². The van der Waals surface area contributed by atoms with Gasteiger partial charge in [-0.15, -0.1) is 0 Å². The maximum atomic E-state index is 14.4. The zero-order valence-electron chi connectivity index (χ0n) is 18.0. The van der Waals surface area contributed by atoms with Crippen LogP contribution in [0.2, 0.25) is 0 Å². The molecule has 0 aliphatic carbocycles. The zero-order chi connectivity index (χ0) is 22.4. The molecule has 1 aromatic carbocycles. The number of carbonyl (C=O) groups excluding carboxylic acids is 1. The lowest BCUT2D eigenvalue weighted by Gasteiger charge is -2.36. The minimum absolute atomic E-state index is 0.118. The Hall–Kier alpha value is -3.36. The summed E-state index contributed by atoms with van der Waals surface area (Å²) in [4.78, 5) is 24.0. The third-order valence-corrected chi connectivity index (χ3v) is 4.54. The zero-order valence-corrected chi connectivity index (χ0v) is 18.0. The molecule has 1 aliphatic heterocycles. The van der Waals surface area contributed by atoms with Crippen LogP contribution >= 0.6 is 0 Å². The first-order valence-electron chi connectivity index (χ1n) is 10.1. The lowest BCUT2D eigenvalue weighted by molar-refractivity contribution is 0.0186. The third kappa shape index (κ3) is 6.56. The molecular formula is C22H28FN5O3. The number of aromatic nitrogens is 1. The molecule has 2 aromatic rings. The number of piperazine rings is 1. The quantitative estimate of drug-likeness (QED) is 0.592. The molecule has 9 heteroatoms. The number of pyridine rings is 1. The normalized spacial score (nSPS) is 15.0. The monoisotopic (exact) mass is 429 g/mol. The van der Waals surface area contributed by atoms with Crippen molar-refractivity contribution in [3.05, 3.63) is 54.1 Å². The fraction of sp³-hybridized carbons (Fsp3) is 0.409. The van der Waals surface area contributed by atoms with Gasteiger partial charge in [0.15, 0.2) is 17.5 Å². The van der Waals surface area contributed by atoms with E-state index in [-0.39, 0.29) is 18.4 Å². The molecule has 1 aromatic heterocycles. The van der Waals surface area contributed by atoms with Crippen LogP contribution < -0.4 is 10.5 Å². The molecule has 8 nitrogen and oxygen atoms in total. The van der Waals surface area contributed by atoms with Gasteiger partial charge in [-0.3, -0.25) is 4.98 Å².